The Morgan fingerprint density at radius 2 is 2.00 bits per heavy atom. The lowest BCUT2D eigenvalue weighted by molar-refractivity contribution is 0.862. The molecule has 0 saturated heterocycles. The van der Waals surface area contributed by atoms with Gasteiger partial charge in [0.2, 0.25) is 0 Å². The van der Waals surface area contributed by atoms with Crippen molar-refractivity contribution < 1.29 is 0 Å². The summed E-state index contributed by atoms with van der Waals surface area (Å²) in [6.07, 6.45) is 2.72. The predicted octanol–water partition coefficient (Wildman–Crippen LogP) is 3.01. The third kappa shape index (κ3) is 1.22. The quantitative estimate of drug-likeness (QED) is 0.576. The molecule has 0 heterocycles. The van der Waals surface area contributed by atoms with Crippen molar-refractivity contribution in [2.45, 2.75) is 31.5 Å². The first-order valence-corrected chi connectivity index (χ1v) is 7.24. The van der Waals surface area contributed by atoms with E-state index in [2.05, 4.69) is 37.4 Å². The zero-order valence-electron chi connectivity index (χ0n) is 7.80. The molecule has 0 nitrogen and oxygen atoms in total. The van der Waals surface area contributed by atoms with Crippen LogP contribution in [0.15, 0.2) is 24.3 Å². The summed E-state index contributed by atoms with van der Waals surface area (Å²) in [4.78, 5) is 0. The van der Waals surface area contributed by atoms with Crippen LogP contribution in [0.25, 0.3) is 0 Å². The SMILES string of the molecule is C[Si](C)C1CCc2ccccc21. The van der Waals surface area contributed by atoms with Gasteiger partial charge in [-0.15, -0.1) is 0 Å². The van der Waals surface area contributed by atoms with Crippen LogP contribution in [0, 0.1) is 0 Å². The summed E-state index contributed by atoms with van der Waals surface area (Å²) in [6, 6.07) is 8.96. The molecule has 0 bridgehead atoms. The van der Waals surface area contributed by atoms with E-state index in [1.807, 2.05) is 0 Å². The highest BCUT2D eigenvalue weighted by Crippen LogP contribution is 2.34. The Morgan fingerprint density at radius 1 is 1.25 bits per heavy atom. The van der Waals surface area contributed by atoms with E-state index < -0.39 is 0 Å². The monoisotopic (exact) mass is 175 g/mol. The van der Waals surface area contributed by atoms with Crippen molar-refractivity contribution in [3.63, 3.8) is 0 Å². The average Bonchev–Trinajstić information content (AvgIpc) is 2.47. The van der Waals surface area contributed by atoms with E-state index in [1.54, 1.807) is 11.1 Å². The van der Waals surface area contributed by atoms with Gasteiger partial charge < -0.3 is 0 Å². The van der Waals surface area contributed by atoms with Crippen molar-refractivity contribution in [3.8, 4) is 0 Å². The van der Waals surface area contributed by atoms with Crippen molar-refractivity contribution in [2.75, 3.05) is 0 Å². The van der Waals surface area contributed by atoms with Gasteiger partial charge in [-0.1, -0.05) is 37.4 Å². The molecule has 1 aromatic rings. The maximum atomic E-state index is 2.43. The Morgan fingerprint density at radius 3 is 2.75 bits per heavy atom. The van der Waals surface area contributed by atoms with Gasteiger partial charge in [0.1, 0.15) is 0 Å². The Hall–Kier alpha value is -0.563. The third-order valence-corrected chi connectivity index (χ3v) is 4.82. The minimum atomic E-state index is -0.124. The van der Waals surface area contributed by atoms with Gasteiger partial charge in [-0.2, -0.15) is 0 Å². The molecular weight excluding hydrogens is 160 g/mol. The summed E-state index contributed by atoms with van der Waals surface area (Å²) in [6.45, 7) is 4.86. The first-order chi connectivity index (χ1) is 5.79. The average molecular weight is 175 g/mol. The standard InChI is InChI=1S/C11H15Si/c1-12(2)11-8-7-9-5-3-4-6-10(9)11/h3-6,11H,7-8H2,1-2H3. The second-order valence-electron chi connectivity index (χ2n) is 3.87. The van der Waals surface area contributed by atoms with Gasteiger partial charge in [-0.25, -0.2) is 0 Å². The van der Waals surface area contributed by atoms with Crippen LogP contribution in [0.1, 0.15) is 23.1 Å². The molecular formula is C11H15Si. The molecule has 0 aliphatic heterocycles. The van der Waals surface area contributed by atoms with Crippen LogP contribution < -0.4 is 0 Å². The minimum Gasteiger partial charge on any atom is -0.0708 e. The Labute approximate surface area is 76.2 Å². The highest BCUT2D eigenvalue weighted by molar-refractivity contribution is 6.57. The van der Waals surface area contributed by atoms with Crippen LogP contribution in [0.3, 0.4) is 0 Å². The summed E-state index contributed by atoms with van der Waals surface area (Å²) in [5.41, 5.74) is 4.18. The molecule has 1 aromatic carbocycles. The summed E-state index contributed by atoms with van der Waals surface area (Å²) in [5, 5.41) is 0. The third-order valence-electron chi connectivity index (χ3n) is 2.83. The maximum absolute atomic E-state index is 2.43. The lowest BCUT2D eigenvalue weighted by atomic mass is 10.1. The van der Waals surface area contributed by atoms with Gasteiger partial charge in [0.25, 0.3) is 0 Å². The van der Waals surface area contributed by atoms with Crippen molar-refractivity contribution in [3.05, 3.63) is 35.4 Å². The number of hydrogen-bond acceptors (Lipinski definition) is 0. The summed E-state index contributed by atoms with van der Waals surface area (Å²) in [7, 11) is -0.124. The maximum Gasteiger partial charge on any atom is 0.0497 e. The molecule has 1 heteroatoms. The van der Waals surface area contributed by atoms with E-state index in [0.717, 1.165) is 5.54 Å². The first-order valence-electron chi connectivity index (χ1n) is 4.67. The molecule has 0 aromatic heterocycles. The fourth-order valence-electron chi connectivity index (χ4n) is 2.16. The Balaban J connectivity index is 2.36. The first kappa shape index (κ1) is 8.05. The highest BCUT2D eigenvalue weighted by Gasteiger charge is 2.24. The molecule has 2 rings (SSSR count). The van der Waals surface area contributed by atoms with E-state index >= 15 is 0 Å². The van der Waals surface area contributed by atoms with Gasteiger partial charge in [-0.05, 0) is 29.5 Å². The molecule has 1 atom stereocenters. The lowest BCUT2D eigenvalue weighted by Crippen LogP contribution is -2.12. The molecule has 12 heavy (non-hydrogen) atoms. The fourth-order valence-corrected chi connectivity index (χ4v) is 3.78. The fraction of sp³-hybridized carbons (Fsp3) is 0.455. The topological polar surface area (TPSA) is 0 Å². The molecule has 63 valence electrons. The van der Waals surface area contributed by atoms with Gasteiger partial charge in [-0.3, -0.25) is 0 Å². The van der Waals surface area contributed by atoms with E-state index in [4.69, 9.17) is 0 Å². The van der Waals surface area contributed by atoms with Crippen LogP contribution in [0.4, 0.5) is 0 Å². The number of fused-ring (bicyclic) bond motifs is 1. The van der Waals surface area contributed by atoms with Gasteiger partial charge >= 0.3 is 0 Å². The van der Waals surface area contributed by atoms with E-state index in [-0.39, 0.29) is 8.80 Å². The van der Waals surface area contributed by atoms with Crippen molar-refractivity contribution in [1.29, 1.82) is 0 Å². The normalized spacial score (nSPS) is 21.4. The smallest absolute Gasteiger partial charge is 0.0497 e. The second-order valence-corrected chi connectivity index (χ2v) is 6.72. The Kier molecular flexibility index (Phi) is 2.05. The van der Waals surface area contributed by atoms with Crippen LogP contribution in [-0.2, 0) is 6.42 Å². The molecule has 0 amide bonds. The van der Waals surface area contributed by atoms with E-state index in [9.17, 15) is 0 Å². The lowest BCUT2D eigenvalue weighted by Gasteiger charge is -2.13. The summed E-state index contributed by atoms with van der Waals surface area (Å²) < 4.78 is 0. The molecule has 0 fully saturated rings. The zero-order chi connectivity index (χ0) is 8.55. The Bertz CT molecular complexity index is 278. The van der Waals surface area contributed by atoms with Gasteiger partial charge in [0.05, 0.1) is 0 Å². The van der Waals surface area contributed by atoms with Crippen molar-refractivity contribution in [1.82, 2.24) is 0 Å². The molecule has 0 spiro atoms. The zero-order valence-corrected chi connectivity index (χ0v) is 8.80. The number of hydrogen-bond donors (Lipinski definition) is 0. The largest absolute Gasteiger partial charge is 0.0708 e. The predicted molar refractivity (Wildman–Crippen MR) is 55.0 cm³/mol. The molecule has 1 aliphatic carbocycles. The number of aryl methyl sites for hydroxylation is 1. The van der Waals surface area contributed by atoms with E-state index in [1.165, 1.54) is 12.8 Å². The summed E-state index contributed by atoms with van der Waals surface area (Å²) >= 11 is 0. The molecule has 1 radical (unpaired) electrons. The molecule has 1 unspecified atom stereocenters. The highest BCUT2D eigenvalue weighted by atomic mass is 28.3. The molecule has 0 N–H and O–H groups in total. The second kappa shape index (κ2) is 3.06. The van der Waals surface area contributed by atoms with Crippen molar-refractivity contribution in [2.24, 2.45) is 0 Å². The van der Waals surface area contributed by atoms with Gasteiger partial charge in [0.15, 0.2) is 0 Å². The molecule has 1 aliphatic rings. The minimum absolute atomic E-state index is 0.124. The molecule has 0 saturated carbocycles. The van der Waals surface area contributed by atoms with Crippen LogP contribution >= 0.6 is 0 Å². The number of benzene rings is 1. The van der Waals surface area contributed by atoms with Crippen LogP contribution in [0.2, 0.25) is 13.1 Å². The van der Waals surface area contributed by atoms with E-state index in [0.29, 0.717) is 0 Å². The number of rotatable bonds is 1. The summed E-state index contributed by atoms with van der Waals surface area (Å²) in [5.74, 6) is 0. The van der Waals surface area contributed by atoms with Gasteiger partial charge in [0, 0.05) is 8.80 Å². The van der Waals surface area contributed by atoms with Crippen LogP contribution in [-0.4, -0.2) is 8.80 Å². The van der Waals surface area contributed by atoms with Crippen molar-refractivity contribution >= 4 is 8.80 Å². The van der Waals surface area contributed by atoms with Crippen LogP contribution in [0.5, 0.6) is 0 Å².